The molecule has 0 radical (unpaired) electrons. The summed E-state index contributed by atoms with van der Waals surface area (Å²) in [5, 5.41) is 1.22. The normalized spacial score (nSPS) is 16.2. The maximum absolute atomic E-state index is 13.4. The molecule has 1 aliphatic heterocycles. The van der Waals surface area contributed by atoms with Gasteiger partial charge < -0.3 is 0 Å². The molecule has 1 saturated heterocycles. The van der Waals surface area contributed by atoms with Gasteiger partial charge in [0.25, 0.3) is 5.91 Å². The number of hydrogen-bond donors (Lipinski definition) is 0. The molecule has 37 heavy (non-hydrogen) atoms. The van der Waals surface area contributed by atoms with Crippen molar-refractivity contribution in [2.75, 3.05) is 11.4 Å². The highest BCUT2D eigenvalue weighted by Crippen LogP contribution is 2.34. The highest BCUT2D eigenvalue weighted by molar-refractivity contribution is 7.89. The molecular weight excluding hydrogens is 530 g/mol. The number of halogens is 1. The van der Waals surface area contributed by atoms with Gasteiger partial charge in [-0.3, -0.25) is 9.59 Å². The summed E-state index contributed by atoms with van der Waals surface area (Å²) in [7, 11) is -4.09. The average Bonchev–Trinajstić information content (AvgIpc) is 3.42. The summed E-state index contributed by atoms with van der Waals surface area (Å²) < 4.78 is 28.8. The number of anilines is 1. The number of carbonyl (C=O) groups is 2. The van der Waals surface area contributed by atoms with E-state index in [1.165, 1.54) is 30.3 Å². The Morgan fingerprint density at radius 3 is 2.49 bits per heavy atom. The molecule has 0 bridgehead atoms. The van der Waals surface area contributed by atoms with Crippen LogP contribution in [0, 0.1) is 6.92 Å². The van der Waals surface area contributed by atoms with Crippen LogP contribution in [0.5, 0.6) is 0 Å². The average molecular weight is 552 g/mol. The molecule has 5 rings (SSSR count). The van der Waals surface area contributed by atoms with Crippen LogP contribution in [0.15, 0.2) is 84.3 Å². The van der Waals surface area contributed by atoms with Crippen LogP contribution in [0.25, 0.3) is 20.8 Å². The standard InChI is InChI=1S/C27H22ClN3O4S2/c1-3-14-30(37(34,35)21-11-7-19(28)8-12-21)23-16-25(32)31(27(23)33)20-9-5-18(6-10-20)26-29-22-13-4-17(2)15-24(22)36-26/h3-13,15,23H,1,14,16H2,2H3. The molecule has 188 valence electrons. The first-order valence-electron chi connectivity index (χ1n) is 11.4. The largest absolute Gasteiger partial charge is 0.274 e. The van der Waals surface area contributed by atoms with Crippen LogP contribution in [0.1, 0.15) is 12.0 Å². The van der Waals surface area contributed by atoms with E-state index in [-0.39, 0.29) is 17.9 Å². The van der Waals surface area contributed by atoms with Gasteiger partial charge in [0, 0.05) is 17.1 Å². The fourth-order valence-corrected chi connectivity index (χ4v) is 7.03. The lowest BCUT2D eigenvalue weighted by Crippen LogP contribution is -2.45. The van der Waals surface area contributed by atoms with Crippen molar-refractivity contribution in [1.29, 1.82) is 0 Å². The number of carbonyl (C=O) groups excluding carboxylic acids is 2. The molecule has 0 N–H and O–H groups in total. The molecule has 0 aliphatic carbocycles. The number of rotatable bonds is 7. The molecule has 3 aromatic carbocycles. The molecule has 0 spiro atoms. The summed E-state index contributed by atoms with van der Waals surface area (Å²) >= 11 is 7.47. The molecule has 1 fully saturated rings. The van der Waals surface area contributed by atoms with Crippen LogP contribution >= 0.6 is 22.9 Å². The van der Waals surface area contributed by atoms with Crippen LogP contribution in [-0.4, -0.2) is 42.1 Å². The van der Waals surface area contributed by atoms with Crippen LogP contribution in [0.4, 0.5) is 5.69 Å². The van der Waals surface area contributed by atoms with Crippen molar-refractivity contribution in [2.24, 2.45) is 0 Å². The van der Waals surface area contributed by atoms with Gasteiger partial charge in [-0.25, -0.2) is 18.3 Å². The number of nitrogens with zero attached hydrogens (tertiary/aromatic N) is 3. The van der Waals surface area contributed by atoms with Crippen molar-refractivity contribution in [3.05, 3.63) is 90.0 Å². The fourth-order valence-electron chi connectivity index (χ4n) is 4.28. The molecular formula is C27H22ClN3O4S2. The van der Waals surface area contributed by atoms with Gasteiger partial charge in [0.1, 0.15) is 11.0 Å². The zero-order valence-electron chi connectivity index (χ0n) is 19.8. The number of benzene rings is 3. The van der Waals surface area contributed by atoms with Gasteiger partial charge >= 0.3 is 0 Å². The molecule has 1 aliphatic rings. The van der Waals surface area contributed by atoms with E-state index in [0.717, 1.165) is 35.6 Å². The van der Waals surface area contributed by atoms with Crippen molar-refractivity contribution in [3.8, 4) is 10.6 Å². The van der Waals surface area contributed by atoms with Crippen molar-refractivity contribution in [3.63, 3.8) is 0 Å². The Bertz CT molecular complexity index is 1630. The van der Waals surface area contributed by atoms with Crippen LogP contribution < -0.4 is 4.90 Å². The number of thiazole rings is 1. The first kappa shape index (κ1) is 25.3. The lowest BCUT2D eigenvalue weighted by atomic mass is 10.2. The van der Waals surface area contributed by atoms with Gasteiger partial charge in [-0.2, -0.15) is 4.31 Å². The SMILES string of the molecule is C=CCN(C1CC(=O)N(c2ccc(-c3nc4ccc(C)cc4s3)cc2)C1=O)S(=O)(=O)c1ccc(Cl)cc1. The van der Waals surface area contributed by atoms with Gasteiger partial charge in [0.05, 0.1) is 27.2 Å². The zero-order chi connectivity index (χ0) is 26.3. The van der Waals surface area contributed by atoms with Gasteiger partial charge in [-0.1, -0.05) is 23.7 Å². The first-order valence-corrected chi connectivity index (χ1v) is 14.1. The summed E-state index contributed by atoms with van der Waals surface area (Å²) in [5.74, 6) is -1.08. The highest BCUT2D eigenvalue weighted by atomic mass is 35.5. The van der Waals surface area contributed by atoms with Crippen molar-refractivity contribution < 1.29 is 18.0 Å². The minimum atomic E-state index is -4.09. The number of aryl methyl sites for hydroxylation is 1. The molecule has 1 atom stereocenters. The minimum absolute atomic E-state index is 0.0205. The summed E-state index contributed by atoms with van der Waals surface area (Å²) in [6.07, 6.45) is 1.13. The number of imide groups is 1. The third-order valence-corrected chi connectivity index (χ3v) is 9.32. The van der Waals surface area contributed by atoms with E-state index in [9.17, 15) is 18.0 Å². The van der Waals surface area contributed by atoms with Gasteiger partial charge in [-0.05, 0) is 73.2 Å². The molecule has 2 amide bonds. The van der Waals surface area contributed by atoms with Gasteiger partial charge in [-0.15, -0.1) is 17.9 Å². The Morgan fingerprint density at radius 1 is 1.11 bits per heavy atom. The lowest BCUT2D eigenvalue weighted by molar-refractivity contribution is -0.122. The lowest BCUT2D eigenvalue weighted by Gasteiger charge is -2.25. The topological polar surface area (TPSA) is 87.7 Å². The Balaban J connectivity index is 1.42. The van der Waals surface area contributed by atoms with Crippen LogP contribution in [0.2, 0.25) is 5.02 Å². The van der Waals surface area contributed by atoms with E-state index in [1.54, 1.807) is 35.6 Å². The Morgan fingerprint density at radius 2 is 1.81 bits per heavy atom. The molecule has 2 heterocycles. The summed E-state index contributed by atoms with van der Waals surface area (Å²) in [6, 6.07) is 17.5. The predicted octanol–water partition coefficient (Wildman–Crippen LogP) is 5.43. The Kier molecular flexibility index (Phi) is 6.72. The second-order valence-electron chi connectivity index (χ2n) is 8.64. The summed E-state index contributed by atoms with van der Waals surface area (Å²) in [6.45, 7) is 5.53. The van der Waals surface area contributed by atoms with E-state index in [0.29, 0.717) is 10.7 Å². The quantitative estimate of drug-likeness (QED) is 0.226. The smallest absolute Gasteiger partial charge is 0.252 e. The summed E-state index contributed by atoms with van der Waals surface area (Å²) in [4.78, 5) is 32.1. The minimum Gasteiger partial charge on any atom is -0.274 e. The van der Waals surface area contributed by atoms with Gasteiger partial charge in [0.15, 0.2) is 0 Å². The van der Waals surface area contributed by atoms with Crippen LogP contribution in [0.3, 0.4) is 0 Å². The Labute approximate surface area is 223 Å². The first-order chi connectivity index (χ1) is 17.7. The van der Waals surface area contributed by atoms with Crippen molar-refractivity contribution >= 4 is 60.7 Å². The molecule has 0 saturated carbocycles. The van der Waals surface area contributed by atoms with E-state index in [4.69, 9.17) is 11.6 Å². The number of hydrogen-bond acceptors (Lipinski definition) is 6. The molecule has 1 unspecified atom stereocenters. The Hall–Kier alpha value is -3.37. The number of sulfonamides is 1. The fraction of sp³-hybridized carbons (Fsp3) is 0.148. The van der Waals surface area contributed by atoms with Gasteiger partial charge in [0.2, 0.25) is 15.9 Å². The van der Waals surface area contributed by atoms with E-state index >= 15 is 0 Å². The van der Waals surface area contributed by atoms with E-state index in [1.807, 2.05) is 19.1 Å². The van der Waals surface area contributed by atoms with Crippen molar-refractivity contribution in [1.82, 2.24) is 9.29 Å². The number of aromatic nitrogens is 1. The third kappa shape index (κ3) is 4.71. The highest BCUT2D eigenvalue weighted by Gasteiger charge is 2.46. The second-order valence-corrected chi connectivity index (χ2v) is 12.0. The summed E-state index contributed by atoms with van der Waals surface area (Å²) in [5.41, 5.74) is 3.30. The maximum Gasteiger partial charge on any atom is 0.252 e. The number of amides is 2. The zero-order valence-corrected chi connectivity index (χ0v) is 22.2. The van der Waals surface area contributed by atoms with E-state index in [2.05, 4.69) is 17.6 Å². The van der Waals surface area contributed by atoms with Crippen molar-refractivity contribution in [2.45, 2.75) is 24.3 Å². The number of fused-ring (bicyclic) bond motifs is 1. The molecule has 1 aromatic heterocycles. The maximum atomic E-state index is 13.4. The van der Waals surface area contributed by atoms with Crippen LogP contribution in [-0.2, 0) is 19.6 Å². The molecule has 10 heteroatoms. The second kappa shape index (κ2) is 9.83. The molecule has 4 aromatic rings. The van der Waals surface area contributed by atoms with E-state index < -0.39 is 27.9 Å². The molecule has 7 nitrogen and oxygen atoms in total. The third-order valence-electron chi connectivity index (χ3n) is 6.12. The monoisotopic (exact) mass is 551 g/mol. The predicted molar refractivity (Wildman–Crippen MR) is 146 cm³/mol.